The van der Waals surface area contributed by atoms with Gasteiger partial charge in [0.25, 0.3) is 0 Å². The SMILES string of the molecule is NC1(C(=O)N2CCc3cccc(Br)c3C2)CCCC1. The second-order valence-corrected chi connectivity index (χ2v) is 6.57. The molecule has 1 heterocycles. The van der Waals surface area contributed by atoms with Gasteiger partial charge in [-0.2, -0.15) is 0 Å². The Hall–Kier alpha value is -0.870. The topological polar surface area (TPSA) is 46.3 Å². The number of carbonyl (C=O) groups excluding carboxylic acids is 1. The van der Waals surface area contributed by atoms with Crippen molar-refractivity contribution in [2.45, 2.75) is 44.2 Å². The van der Waals surface area contributed by atoms with Gasteiger partial charge >= 0.3 is 0 Å². The van der Waals surface area contributed by atoms with E-state index in [1.54, 1.807) is 0 Å². The molecule has 0 bridgehead atoms. The van der Waals surface area contributed by atoms with Crippen LogP contribution in [-0.2, 0) is 17.8 Å². The van der Waals surface area contributed by atoms with Gasteiger partial charge in [0.15, 0.2) is 0 Å². The van der Waals surface area contributed by atoms with Crippen molar-refractivity contribution >= 4 is 21.8 Å². The highest BCUT2D eigenvalue weighted by Gasteiger charge is 2.40. The van der Waals surface area contributed by atoms with E-state index in [0.717, 1.165) is 43.1 Å². The van der Waals surface area contributed by atoms with E-state index in [-0.39, 0.29) is 5.91 Å². The van der Waals surface area contributed by atoms with Crippen LogP contribution in [0.3, 0.4) is 0 Å². The second-order valence-electron chi connectivity index (χ2n) is 5.72. The van der Waals surface area contributed by atoms with Crippen molar-refractivity contribution in [2.75, 3.05) is 6.54 Å². The molecule has 0 unspecified atom stereocenters. The summed E-state index contributed by atoms with van der Waals surface area (Å²) < 4.78 is 1.10. The molecule has 1 aliphatic heterocycles. The van der Waals surface area contributed by atoms with E-state index in [4.69, 9.17) is 5.73 Å². The summed E-state index contributed by atoms with van der Waals surface area (Å²) in [7, 11) is 0. The number of hydrogen-bond donors (Lipinski definition) is 1. The first-order chi connectivity index (χ1) is 9.10. The van der Waals surface area contributed by atoms with Crippen LogP contribution in [0, 0.1) is 0 Å². The van der Waals surface area contributed by atoms with E-state index in [2.05, 4.69) is 28.1 Å². The fraction of sp³-hybridized carbons (Fsp3) is 0.533. The molecule has 0 atom stereocenters. The molecule has 1 aromatic rings. The maximum Gasteiger partial charge on any atom is 0.242 e. The number of halogens is 1. The highest BCUT2D eigenvalue weighted by Crippen LogP contribution is 2.32. The van der Waals surface area contributed by atoms with Gasteiger partial charge in [-0.3, -0.25) is 4.79 Å². The van der Waals surface area contributed by atoms with Gasteiger partial charge in [-0.15, -0.1) is 0 Å². The molecule has 0 spiro atoms. The lowest BCUT2D eigenvalue weighted by Crippen LogP contribution is -2.54. The number of fused-ring (bicyclic) bond motifs is 1. The van der Waals surface area contributed by atoms with Crippen molar-refractivity contribution in [3.05, 3.63) is 33.8 Å². The second kappa shape index (κ2) is 4.91. The Labute approximate surface area is 122 Å². The number of nitrogens with zero attached hydrogens (tertiary/aromatic N) is 1. The molecule has 1 saturated carbocycles. The molecule has 2 N–H and O–H groups in total. The number of benzene rings is 1. The summed E-state index contributed by atoms with van der Waals surface area (Å²) in [6.45, 7) is 1.48. The molecule has 0 aromatic heterocycles. The van der Waals surface area contributed by atoms with Crippen LogP contribution >= 0.6 is 15.9 Å². The number of nitrogens with two attached hydrogens (primary N) is 1. The molecule has 1 aliphatic carbocycles. The van der Waals surface area contributed by atoms with Crippen LogP contribution in [0.5, 0.6) is 0 Å². The van der Waals surface area contributed by atoms with Crippen LogP contribution in [0.1, 0.15) is 36.8 Å². The molecule has 2 aliphatic rings. The van der Waals surface area contributed by atoms with Crippen molar-refractivity contribution in [3.63, 3.8) is 0 Å². The number of amides is 1. The normalized spacial score (nSPS) is 21.3. The third-order valence-corrected chi connectivity index (χ3v) is 5.17. The zero-order chi connectivity index (χ0) is 13.5. The van der Waals surface area contributed by atoms with E-state index in [1.165, 1.54) is 11.1 Å². The van der Waals surface area contributed by atoms with Crippen molar-refractivity contribution < 1.29 is 4.79 Å². The first-order valence-electron chi connectivity index (χ1n) is 6.95. The molecule has 0 radical (unpaired) electrons. The van der Waals surface area contributed by atoms with E-state index in [1.807, 2.05) is 11.0 Å². The Morgan fingerprint density at radius 1 is 1.32 bits per heavy atom. The number of rotatable bonds is 1. The molecule has 1 amide bonds. The molecule has 4 heteroatoms. The Morgan fingerprint density at radius 3 is 2.79 bits per heavy atom. The molecule has 3 rings (SSSR count). The minimum atomic E-state index is -0.598. The van der Waals surface area contributed by atoms with Gasteiger partial charge in [0.05, 0.1) is 5.54 Å². The summed E-state index contributed by atoms with van der Waals surface area (Å²) in [5.41, 5.74) is 8.27. The quantitative estimate of drug-likeness (QED) is 0.863. The van der Waals surface area contributed by atoms with E-state index < -0.39 is 5.54 Å². The average molecular weight is 323 g/mol. The van der Waals surface area contributed by atoms with E-state index >= 15 is 0 Å². The van der Waals surface area contributed by atoms with Gasteiger partial charge in [-0.1, -0.05) is 40.9 Å². The summed E-state index contributed by atoms with van der Waals surface area (Å²) >= 11 is 3.59. The number of carbonyl (C=O) groups is 1. The highest BCUT2D eigenvalue weighted by atomic mass is 79.9. The van der Waals surface area contributed by atoms with Crippen LogP contribution in [0.4, 0.5) is 0 Å². The van der Waals surface area contributed by atoms with Crippen molar-refractivity contribution in [1.29, 1.82) is 0 Å². The lowest BCUT2D eigenvalue weighted by molar-refractivity contribution is -0.137. The number of hydrogen-bond acceptors (Lipinski definition) is 2. The third kappa shape index (κ3) is 2.32. The summed E-state index contributed by atoms with van der Waals surface area (Å²) in [4.78, 5) is 14.6. The van der Waals surface area contributed by atoms with Gasteiger partial charge in [-0.05, 0) is 36.5 Å². The minimum Gasteiger partial charge on any atom is -0.336 e. The van der Waals surface area contributed by atoms with Gasteiger partial charge < -0.3 is 10.6 Å². The standard InChI is InChI=1S/C15H19BrN2O/c16-13-5-3-4-11-6-9-18(10-12(11)13)14(19)15(17)7-1-2-8-15/h3-5H,1-2,6-10,17H2. The summed E-state index contributed by atoms with van der Waals surface area (Å²) in [5.74, 6) is 0.145. The molecular formula is C15H19BrN2O. The lowest BCUT2D eigenvalue weighted by atomic mass is 9.94. The molecular weight excluding hydrogens is 304 g/mol. The molecule has 3 nitrogen and oxygen atoms in total. The Bertz CT molecular complexity index is 509. The van der Waals surface area contributed by atoms with Crippen LogP contribution in [-0.4, -0.2) is 22.9 Å². The first-order valence-corrected chi connectivity index (χ1v) is 7.74. The molecule has 102 valence electrons. The monoisotopic (exact) mass is 322 g/mol. The highest BCUT2D eigenvalue weighted by molar-refractivity contribution is 9.10. The molecule has 1 fully saturated rings. The largest absolute Gasteiger partial charge is 0.336 e. The van der Waals surface area contributed by atoms with Crippen LogP contribution in [0.15, 0.2) is 22.7 Å². The van der Waals surface area contributed by atoms with Crippen molar-refractivity contribution in [2.24, 2.45) is 5.73 Å². The van der Waals surface area contributed by atoms with Gasteiger partial charge in [0.1, 0.15) is 0 Å². The van der Waals surface area contributed by atoms with Crippen molar-refractivity contribution in [3.8, 4) is 0 Å². The predicted molar refractivity (Wildman–Crippen MR) is 78.6 cm³/mol. The first kappa shape index (κ1) is 13.1. The minimum absolute atomic E-state index is 0.145. The zero-order valence-corrected chi connectivity index (χ0v) is 12.6. The molecule has 1 aromatic carbocycles. The summed E-state index contributed by atoms with van der Waals surface area (Å²) in [6.07, 6.45) is 4.76. The third-order valence-electron chi connectivity index (χ3n) is 4.42. The maximum atomic E-state index is 12.6. The maximum absolute atomic E-state index is 12.6. The van der Waals surface area contributed by atoms with Crippen LogP contribution in [0.2, 0.25) is 0 Å². The average Bonchev–Trinajstić information content (AvgIpc) is 2.86. The zero-order valence-electron chi connectivity index (χ0n) is 11.0. The van der Waals surface area contributed by atoms with Crippen LogP contribution < -0.4 is 5.73 Å². The molecule has 0 saturated heterocycles. The Kier molecular flexibility index (Phi) is 3.39. The Balaban J connectivity index is 1.82. The Morgan fingerprint density at radius 2 is 2.05 bits per heavy atom. The van der Waals surface area contributed by atoms with E-state index in [9.17, 15) is 4.79 Å². The fourth-order valence-electron chi connectivity index (χ4n) is 3.25. The van der Waals surface area contributed by atoms with Gasteiger partial charge in [0, 0.05) is 17.6 Å². The summed E-state index contributed by atoms with van der Waals surface area (Å²) in [6, 6.07) is 6.25. The van der Waals surface area contributed by atoms with Gasteiger partial charge in [0.2, 0.25) is 5.91 Å². The fourth-order valence-corrected chi connectivity index (χ4v) is 3.78. The van der Waals surface area contributed by atoms with E-state index in [0.29, 0.717) is 6.54 Å². The van der Waals surface area contributed by atoms with Crippen molar-refractivity contribution in [1.82, 2.24) is 4.90 Å². The lowest BCUT2D eigenvalue weighted by Gasteiger charge is -2.35. The predicted octanol–water partition coefficient (Wildman–Crippen LogP) is 2.61. The summed E-state index contributed by atoms with van der Waals surface area (Å²) in [5, 5.41) is 0. The molecule has 19 heavy (non-hydrogen) atoms. The smallest absolute Gasteiger partial charge is 0.242 e. The van der Waals surface area contributed by atoms with Crippen LogP contribution in [0.25, 0.3) is 0 Å². The van der Waals surface area contributed by atoms with Gasteiger partial charge in [-0.25, -0.2) is 0 Å².